The third kappa shape index (κ3) is 6.44. The number of carbonyl (C=O) groups excluding carboxylic acids is 3. The lowest BCUT2D eigenvalue weighted by Gasteiger charge is -2.13. The summed E-state index contributed by atoms with van der Waals surface area (Å²) in [6, 6.07) is 25.0. The summed E-state index contributed by atoms with van der Waals surface area (Å²) in [4.78, 5) is 39.3. The molecule has 10 heteroatoms. The highest BCUT2D eigenvalue weighted by molar-refractivity contribution is 14.1. The fourth-order valence-electron chi connectivity index (χ4n) is 4.18. The number of imide groups is 1. The number of fused-ring (bicyclic) bond motifs is 1. The Morgan fingerprint density at radius 1 is 0.975 bits per heavy atom. The van der Waals surface area contributed by atoms with Crippen molar-refractivity contribution < 1.29 is 23.9 Å². The van der Waals surface area contributed by atoms with Crippen LogP contribution in [0.15, 0.2) is 83.8 Å². The van der Waals surface area contributed by atoms with E-state index in [1.807, 2.05) is 30.3 Å². The molecular formula is C30H22I2N2O5S. The fraction of sp³-hybridized carbons (Fsp3) is 0.100. The van der Waals surface area contributed by atoms with Crippen LogP contribution in [0.4, 0.5) is 10.5 Å². The predicted molar refractivity (Wildman–Crippen MR) is 174 cm³/mol. The molecule has 40 heavy (non-hydrogen) atoms. The summed E-state index contributed by atoms with van der Waals surface area (Å²) in [6.45, 7) is 0.0498. The van der Waals surface area contributed by atoms with Crippen molar-refractivity contribution in [1.82, 2.24) is 4.90 Å². The lowest BCUT2D eigenvalue weighted by atomic mass is 10.1. The van der Waals surface area contributed by atoms with Gasteiger partial charge in [-0.05, 0) is 121 Å². The van der Waals surface area contributed by atoms with Gasteiger partial charge in [-0.2, -0.15) is 0 Å². The molecule has 202 valence electrons. The molecular weight excluding hydrogens is 754 g/mol. The highest BCUT2D eigenvalue weighted by Crippen LogP contribution is 2.35. The van der Waals surface area contributed by atoms with Gasteiger partial charge in [-0.15, -0.1) is 0 Å². The second-order valence-electron chi connectivity index (χ2n) is 8.79. The van der Waals surface area contributed by atoms with Crippen molar-refractivity contribution in [2.75, 3.05) is 19.0 Å². The van der Waals surface area contributed by atoms with Gasteiger partial charge in [0.25, 0.3) is 11.1 Å². The van der Waals surface area contributed by atoms with E-state index in [1.54, 1.807) is 37.5 Å². The van der Waals surface area contributed by atoms with Crippen LogP contribution in [0.1, 0.15) is 11.1 Å². The molecule has 7 nitrogen and oxygen atoms in total. The monoisotopic (exact) mass is 776 g/mol. The van der Waals surface area contributed by atoms with Crippen LogP contribution in [0.3, 0.4) is 0 Å². The Kier molecular flexibility index (Phi) is 8.96. The largest absolute Gasteiger partial charge is 0.497 e. The van der Waals surface area contributed by atoms with Crippen LogP contribution >= 0.6 is 56.9 Å². The average Bonchev–Trinajstić information content (AvgIpc) is 3.20. The van der Waals surface area contributed by atoms with E-state index in [9.17, 15) is 14.4 Å². The van der Waals surface area contributed by atoms with Crippen molar-refractivity contribution in [3.05, 3.63) is 102 Å². The van der Waals surface area contributed by atoms with Crippen LogP contribution in [0.2, 0.25) is 0 Å². The molecule has 4 aromatic carbocycles. The number of anilines is 1. The van der Waals surface area contributed by atoms with Crippen molar-refractivity contribution in [2.45, 2.75) is 6.61 Å². The maximum absolute atomic E-state index is 13.0. The smallest absolute Gasteiger partial charge is 0.294 e. The first-order chi connectivity index (χ1) is 19.3. The number of thioether (sulfide) groups is 1. The van der Waals surface area contributed by atoms with Gasteiger partial charge >= 0.3 is 0 Å². The van der Waals surface area contributed by atoms with Crippen molar-refractivity contribution in [3.63, 3.8) is 0 Å². The normalized spacial score (nSPS) is 14.2. The molecule has 3 amide bonds. The Morgan fingerprint density at radius 2 is 1.68 bits per heavy atom. The number of hydrogen-bond donors (Lipinski definition) is 1. The molecule has 1 heterocycles. The number of nitrogens with zero attached hydrogens (tertiary/aromatic N) is 1. The molecule has 0 aromatic heterocycles. The Hall–Kier alpha value is -3.10. The van der Waals surface area contributed by atoms with Gasteiger partial charge in [0.15, 0.2) is 0 Å². The van der Waals surface area contributed by atoms with E-state index in [0.717, 1.165) is 51.5 Å². The van der Waals surface area contributed by atoms with Gasteiger partial charge in [0.2, 0.25) is 5.91 Å². The molecule has 0 aliphatic carbocycles. The zero-order chi connectivity index (χ0) is 28.2. The molecule has 4 aromatic rings. The fourth-order valence-corrected chi connectivity index (χ4v) is 7.14. The third-order valence-electron chi connectivity index (χ3n) is 6.12. The van der Waals surface area contributed by atoms with Crippen LogP contribution in [-0.2, 0) is 16.2 Å². The number of ether oxygens (including phenoxy) is 2. The second kappa shape index (κ2) is 12.6. The zero-order valence-corrected chi connectivity index (χ0v) is 26.3. The summed E-state index contributed by atoms with van der Waals surface area (Å²) in [5.41, 5.74) is 2.40. The SMILES string of the molecule is COc1ccc(NC(=O)CN2C(=O)S/C(=C/c3cc(I)c(OCc4cccc5ccccc45)c(I)c3)C2=O)cc1. The Bertz CT molecular complexity index is 1630. The van der Waals surface area contributed by atoms with Crippen molar-refractivity contribution >= 4 is 96.5 Å². The minimum absolute atomic E-state index is 0.262. The maximum Gasteiger partial charge on any atom is 0.294 e. The molecule has 5 rings (SSSR count). The van der Waals surface area contributed by atoms with E-state index in [4.69, 9.17) is 9.47 Å². The van der Waals surface area contributed by atoms with Crippen LogP contribution in [0.25, 0.3) is 16.8 Å². The van der Waals surface area contributed by atoms with Crippen LogP contribution in [-0.4, -0.2) is 35.6 Å². The number of carbonyl (C=O) groups is 3. The van der Waals surface area contributed by atoms with Crippen molar-refractivity contribution in [1.29, 1.82) is 0 Å². The molecule has 1 fully saturated rings. The van der Waals surface area contributed by atoms with E-state index in [1.165, 1.54) is 0 Å². The van der Waals surface area contributed by atoms with Crippen LogP contribution in [0, 0.1) is 7.14 Å². The number of rotatable bonds is 8. The summed E-state index contributed by atoms with van der Waals surface area (Å²) >= 11 is 5.25. The van der Waals surface area contributed by atoms with E-state index < -0.39 is 17.1 Å². The molecule has 1 N–H and O–H groups in total. The molecule has 1 saturated heterocycles. The average molecular weight is 776 g/mol. The molecule has 0 atom stereocenters. The number of amides is 3. The lowest BCUT2D eigenvalue weighted by Crippen LogP contribution is -2.36. The van der Waals surface area contributed by atoms with Gasteiger partial charge in [-0.1, -0.05) is 42.5 Å². The molecule has 1 aliphatic rings. The lowest BCUT2D eigenvalue weighted by molar-refractivity contribution is -0.127. The van der Waals surface area contributed by atoms with Crippen LogP contribution < -0.4 is 14.8 Å². The molecule has 0 spiro atoms. The Labute approximate surface area is 262 Å². The number of hydrogen-bond acceptors (Lipinski definition) is 6. The van der Waals surface area contributed by atoms with E-state index in [0.29, 0.717) is 18.0 Å². The van der Waals surface area contributed by atoms with Gasteiger partial charge in [-0.25, -0.2) is 0 Å². The van der Waals surface area contributed by atoms with Gasteiger partial charge in [-0.3, -0.25) is 19.3 Å². The van der Waals surface area contributed by atoms with Crippen molar-refractivity contribution in [3.8, 4) is 11.5 Å². The summed E-state index contributed by atoms with van der Waals surface area (Å²) in [5, 5.41) is 4.52. The third-order valence-corrected chi connectivity index (χ3v) is 8.63. The number of benzene rings is 4. The highest BCUT2D eigenvalue weighted by Gasteiger charge is 2.36. The van der Waals surface area contributed by atoms with E-state index in [2.05, 4.69) is 74.8 Å². The second-order valence-corrected chi connectivity index (χ2v) is 12.1. The minimum atomic E-state index is -0.499. The quantitative estimate of drug-likeness (QED) is 0.149. The summed E-state index contributed by atoms with van der Waals surface area (Å²) in [7, 11) is 1.55. The first-order valence-electron chi connectivity index (χ1n) is 12.1. The molecule has 0 unspecified atom stereocenters. The van der Waals surface area contributed by atoms with Crippen LogP contribution in [0.5, 0.6) is 11.5 Å². The molecule has 0 radical (unpaired) electrons. The number of halogens is 2. The summed E-state index contributed by atoms with van der Waals surface area (Å²) in [6.07, 6.45) is 1.67. The van der Waals surface area contributed by atoms with Gasteiger partial charge in [0.1, 0.15) is 24.7 Å². The van der Waals surface area contributed by atoms with Gasteiger partial charge in [0.05, 0.1) is 19.2 Å². The maximum atomic E-state index is 13.0. The standard InChI is InChI=1S/C30H22I2N2O5S/c1-38-22-11-9-21(10-12-22)33-27(35)16-34-29(36)26(40-30(34)37)15-18-13-24(31)28(25(32)14-18)39-17-20-7-4-6-19-5-2-3-8-23(19)20/h2-15H,16-17H2,1H3,(H,33,35)/b26-15+. The Morgan fingerprint density at radius 3 is 2.40 bits per heavy atom. The van der Waals surface area contributed by atoms with E-state index >= 15 is 0 Å². The minimum Gasteiger partial charge on any atom is -0.497 e. The van der Waals surface area contributed by atoms with Gasteiger partial charge in [0, 0.05) is 5.69 Å². The Balaban J connectivity index is 1.26. The highest BCUT2D eigenvalue weighted by atomic mass is 127. The van der Waals surface area contributed by atoms with Gasteiger partial charge < -0.3 is 14.8 Å². The number of methoxy groups -OCH3 is 1. The molecule has 0 saturated carbocycles. The van der Waals surface area contributed by atoms with Crippen molar-refractivity contribution in [2.24, 2.45) is 0 Å². The molecule has 0 bridgehead atoms. The number of nitrogens with one attached hydrogen (secondary N) is 1. The molecule has 1 aliphatic heterocycles. The first-order valence-corrected chi connectivity index (χ1v) is 15.1. The van der Waals surface area contributed by atoms with E-state index in [-0.39, 0.29) is 11.4 Å². The first kappa shape index (κ1) is 28.4. The topological polar surface area (TPSA) is 84.9 Å². The summed E-state index contributed by atoms with van der Waals surface area (Å²) in [5.74, 6) is 0.448. The predicted octanol–water partition coefficient (Wildman–Crippen LogP) is 7.31. The zero-order valence-electron chi connectivity index (χ0n) is 21.1. The summed E-state index contributed by atoms with van der Waals surface area (Å²) < 4.78 is 13.1.